The third-order valence-electron chi connectivity index (χ3n) is 3.91. The molecule has 2 rings (SSSR count). The van der Waals surface area contributed by atoms with Crippen LogP contribution in [0.5, 0.6) is 0 Å². The topological polar surface area (TPSA) is 63.4 Å². The zero-order valence-corrected chi connectivity index (χ0v) is 13.3. The van der Waals surface area contributed by atoms with Crippen LogP contribution >= 0.6 is 0 Å². The second kappa shape index (κ2) is 5.64. The molecule has 1 atom stereocenters. The Bertz CT molecular complexity index is 582. The largest absolute Gasteiger partial charge is 0.399 e. The van der Waals surface area contributed by atoms with E-state index in [1.807, 2.05) is 0 Å². The summed E-state index contributed by atoms with van der Waals surface area (Å²) >= 11 is 0. The molecule has 20 heavy (non-hydrogen) atoms. The first-order valence-electron chi connectivity index (χ1n) is 7.20. The van der Waals surface area contributed by atoms with Crippen LogP contribution in [0.15, 0.2) is 23.1 Å². The number of rotatable bonds is 3. The number of nitrogens with zero attached hydrogens (tertiary/aromatic N) is 1. The van der Waals surface area contributed by atoms with Gasteiger partial charge in [0, 0.05) is 18.8 Å². The monoisotopic (exact) mass is 296 g/mol. The van der Waals surface area contributed by atoms with E-state index in [-0.39, 0.29) is 0 Å². The van der Waals surface area contributed by atoms with Crippen LogP contribution in [-0.2, 0) is 9.84 Å². The summed E-state index contributed by atoms with van der Waals surface area (Å²) in [6, 6.07) is 5.12. The fourth-order valence-corrected chi connectivity index (χ4v) is 3.93. The van der Waals surface area contributed by atoms with Gasteiger partial charge in [0.25, 0.3) is 0 Å². The molecule has 112 valence electrons. The summed E-state index contributed by atoms with van der Waals surface area (Å²) in [5.74, 6) is 0.583. The third-order valence-corrected chi connectivity index (χ3v) is 6.11. The van der Waals surface area contributed by atoms with Crippen molar-refractivity contribution in [3.8, 4) is 0 Å². The molecule has 0 saturated carbocycles. The van der Waals surface area contributed by atoms with Gasteiger partial charge in [0.1, 0.15) is 0 Å². The highest BCUT2D eigenvalue weighted by Crippen LogP contribution is 2.33. The highest BCUT2D eigenvalue weighted by molar-refractivity contribution is 7.92. The summed E-state index contributed by atoms with van der Waals surface area (Å²) in [7, 11) is -3.29. The zero-order chi connectivity index (χ0) is 14.9. The number of piperidine rings is 1. The molecular weight excluding hydrogens is 272 g/mol. The third kappa shape index (κ3) is 2.92. The Morgan fingerprint density at radius 2 is 2.05 bits per heavy atom. The van der Waals surface area contributed by atoms with Crippen molar-refractivity contribution in [3.05, 3.63) is 18.2 Å². The normalized spacial score (nSPS) is 20.4. The van der Waals surface area contributed by atoms with Crippen molar-refractivity contribution in [2.75, 3.05) is 23.7 Å². The van der Waals surface area contributed by atoms with Crippen LogP contribution in [0.1, 0.15) is 33.6 Å². The maximum Gasteiger partial charge on any atom is 0.182 e. The predicted octanol–water partition coefficient (Wildman–Crippen LogP) is 2.69. The SMILES string of the molecule is CC1CCCN(c2cc(N)ccc2S(=O)(=O)C(C)C)C1. The Labute approximate surface area is 121 Å². The molecule has 1 saturated heterocycles. The molecule has 1 aliphatic heterocycles. The number of nitrogen functional groups attached to an aromatic ring is 1. The van der Waals surface area contributed by atoms with Crippen molar-refractivity contribution in [3.63, 3.8) is 0 Å². The summed E-state index contributed by atoms with van der Waals surface area (Å²) in [4.78, 5) is 2.58. The number of anilines is 2. The summed E-state index contributed by atoms with van der Waals surface area (Å²) in [5.41, 5.74) is 7.25. The summed E-state index contributed by atoms with van der Waals surface area (Å²) in [6.45, 7) is 7.43. The van der Waals surface area contributed by atoms with E-state index in [2.05, 4.69) is 11.8 Å². The molecule has 1 unspecified atom stereocenters. The molecule has 1 fully saturated rings. The number of sulfone groups is 1. The van der Waals surface area contributed by atoms with Gasteiger partial charge >= 0.3 is 0 Å². The van der Waals surface area contributed by atoms with E-state index >= 15 is 0 Å². The zero-order valence-electron chi connectivity index (χ0n) is 12.5. The average molecular weight is 296 g/mol. The smallest absolute Gasteiger partial charge is 0.182 e. The highest BCUT2D eigenvalue weighted by atomic mass is 32.2. The van der Waals surface area contributed by atoms with E-state index in [4.69, 9.17) is 5.73 Å². The lowest BCUT2D eigenvalue weighted by molar-refractivity contribution is 0.445. The Balaban J connectivity index is 2.49. The first-order valence-corrected chi connectivity index (χ1v) is 8.75. The van der Waals surface area contributed by atoms with E-state index in [1.54, 1.807) is 32.0 Å². The molecule has 2 N–H and O–H groups in total. The second-order valence-corrected chi connectivity index (χ2v) is 8.49. The van der Waals surface area contributed by atoms with Crippen molar-refractivity contribution < 1.29 is 8.42 Å². The van der Waals surface area contributed by atoms with Crippen LogP contribution in [0.2, 0.25) is 0 Å². The van der Waals surface area contributed by atoms with Gasteiger partial charge in [-0.3, -0.25) is 0 Å². The molecule has 0 aliphatic carbocycles. The van der Waals surface area contributed by atoms with Crippen molar-refractivity contribution in [2.45, 2.75) is 43.8 Å². The van der Waals surface area contributed by atoms with Crippen molar-refractivity contribution in [1.82, 2.24) is 0 Å². The van der Waals surface area contributed by atoms with Crippen LogP contribution in [0.4, 0.5) is 11.4 Å². The van der Waals surface area contributed by atoms with Crippen LogP contribution < -0.4 is 10.6 Å². The molecule has 1 aliphatic rings. The maximum absolute atomic E-state index is 12.5. The first kappa shape index (κ1) is 15.2. The fourth-order valence-electron chi connectivity index (χ4n) is 2.68. The number of hydrogen-bond acceptors (Lipinski definition) is 4. The van der Waals surface area contributed by atoms with Gasteiger partial charge < -0.3 is 10.6 Å². The molecular formula is C15H24N2O2S. The van der Waals surface area contributed by atoms with Crippen LogP contribution in [-0.4, -0.2) is 26.8 Å². The lowest BCUT2D eigenvalue weighted by Gasteiger charge is -2.34. The standard InChI is InChI=1S/C15H24N2O2S/c1-11(2)20(18,19)15-7-6-13(16)9-14(15)17-8-4-5-12(3)10-17/h6-7,9,11-12H,4-5,8,10,16H2,1-3H3. The van der Waals surface area contributed by atoms with Gasteiger partial charge in [0.15, 0.2) is 9.84 Å². The van der Waals surface area contributed by atoms with Gasteiger partial charge in [-0.15, -0.1) is 0 Å². The van der Waals surface area contributed by atoms with Crippen LogP contribution in [0, 0.1) is 5.92 Å². The van der Waals surface area contributed by atoms with Crippen molar-refractivity contribution >= 4 is 21.2 Å². The molecule has 1 aromatic carbocycles. The van der Waals surface area contributed by atoms with E-state index in [0.29, 0.717) is 16.5 Å². The first-order chi connectivity index (χ1) is 9.32. The molecule has 0 bridgehead atoms. The van der Waals surface area contributed by atoms with Crippen LogP contribution in [0.3, 0.4) is 0 Å². The highest BCUT2D eigenvalue weighted by Gasteiger charge is 2.27. The quantitative estimate of drug-likeness (QED) is 0.871. The van der Waals surface area contributed by atoms with E-state index < -0.39 is 15.1 Å². The molecule has 0 spiro atoms. The minimum Gasteiger partial charge on any atom is -0.399 e. The Kier molecular flexibility index (Phi) is 4.28. The van der Waals surface area contributed by atoms with E-state index in [0.717, 1.165) is 25.2 Å². The number of nitrogens with two attached hydrogens (primary N) is 1. The van der Waals surface area contributed by atoms with Crippen molar-refractivity contribution in [2.24, 2.45) is 5.92 Å². The number of benzene rings is 1. The summed E-state index contributed by atoms with van der Waals surface area (Å²) < 4.78 is 25.0. The van der Waals surface area contributed by atoms with Crippen molar-refractivity contribution in [1.29, 1.82) is 0 Å². The predicted molar refractivity (Wildman–Crippen MR) is 83.8 cm³/mol. The molecule has 5 heteroatoms. The fraction of sp³-hybridized carbons (Fsp3) is 0.600. The Morgan fingerprint density at radius 3 is 2.65 bits per heavy atom. The number of hydrogen-bond donors (Lipinski definition) is 1. The molecule has 4 nitrogen and oxygen atoms in total. The lowest BCUT2D eigenvalue weighted by Crippen LogP contribution is -2.35. The van der Waals surface area contributed by atoms with Gasteiger partial charge in [-0.2, -0.15) is 0 Å². The molecule has 0 radical (unpaired) electrons. The van der Waals surface area contributed by atoms with E-state index in [1.165, 1.54) is 6.42 Å². The molecule has 0 aromatic heterocycles. The average Bonchev–Trinajstić information content (AvgIpc) is 2.38. The van der Waals surface area contributed by atoms with Gasteiger partial charge in [-0.25, -0.2) is 8.42 Å². The Hall–Kier alpha value is -1.23. The minimum absolute atomic E-state index is 0.413. The van der Waals surface area contributed by atoms with Gasteiger partial charge in [-0.05, 0) is 50.8 Å². The molecule has 0 amide bonds. The van der Waals surface area contributed by atoms with Gasteiger partial charge in [0.05, 0.1) is 15.8 Å². The van der Waals surface area contributed by atoms with Gasteiger partial charge in [-0.1, -0.05) is 6.92 Å². The van der Waals surface area contributed by atoms with Crippen LogP contribution in [0.25, 0.3) is 0 Å². The summed E-state index contributed by atoms with van der Waals surface area (Å²) in [5, 5.41) is -0.424. The van der Waals surface area contributed by atoms with Gasteiger partial charge in [0.2, 0.25) is 0 Å². The minimum atomic E-state index is -3.29. The lowest BCUT2D eigenvalue weighted by atomic mass is 10.00. The Morgan fingerprint density at radius 1 is 1.35 bits per heavy atom. The second-order valence-electron chi connectivity index (χ2n) is 6.01. The molecule has 1 heterocycles. The summed E-state index contributed by atoms with van der Waals surface area (Å²) in [6.07, 6.45) is 2.29. The van der Waals surface area contributed by atoms with E-state index in [9.17, 15) is 8.42 Å². The molecule has 1 aromatic rings. The maximum atomic E-state index is 12.5.